The molecular formula is C6H12O5. The van der Waals surface area contributed by atoms with Gasteiger partial charge in [-0.1, -0.05) is 0 Å². The van der Waals surface area contributed by atoms with Gasteiger partial charge in [0.1, 0.15) is 6.42 Å². The van der Waals surface area contributed by atoms with E-state index in [1.54, 1.807) is 0 Å². The summed E-state index contributed by atoms with van der Waals surface area (Å²) in [6.07, 6.45) is -0.351. The largest absolute Gasteiger partial charge is 0.481 e. The van der Waals surface area contributed by atoms with E-state index >= 15 is 0 Å². The summed E-state index contributed by atoms with van der Waals surface area (Å²) < 4.78 is 14.2. The molecule has 0 aliphatic carbocycles. The highest BCUT2D eigenvalue weighted by atomic mass is 16.9. The van der Waals surface area contributed by atoms with Crippen molar-refractivity contribution < 1.29 is 24.1 Å². The molecular weight excluding hydrogens is 152 g/mol. The van der Waals surface area contributed by atoms with Gasteiger partial charge in [0, 0.05) is 21.3 Å². The number of hydrogen-bond acceptors (Lipinski definition) is 4. The zero-order valence-electron chi connectivity index (χ0n) is 6.79. The van der Waals surface area contributed by atoms with Crippen LogP contribution in [0.1, 0.15) is 6.42 Å². The monoisotopic (exact) mass is 164 g/mol. The summed E-state index contributed by atoms with van der Waals surface area (Å²) in [6, 6.07) is 0. The molecule has 0 aromatic carbocycles. The van der Waals surface area contributed by atoms with Crippen LogP contribution in [0.25, 0.3) is 0 Å². The first kappa shape index (κ1) is 10.3. The number of hydrogen-bond donors (Lipinski definition) is 1. The number of carboxylic acids is 1. The first-order chi connectivity index (χ1) is 5.10. The molecule has 1 N–H and O–H groups in total. The first-order valence-corrected chi connectivity index (χ1v) is 2.97. The molecule has 0 bridgehead atoms. The maximum Gasteiger partial charge on any atom is 0.311 e. The Morgan fingerprint density at radius 1 is 1.27 bits per heavy atom. The summed E-state index contributed by atoms with van der Waals surface area (Å²) >= 11 is 0. The Bertz CT molecular complexity index is 121. The van der Waals surface area contributed by atoms with Crippen LogP contribution in [0.3, 0.4) is 0 Å². The topological polar surface area (TPSA) is 65.0 Å². The Balaban J connectivity index is 4.16. The third-order valence-electron chi connectivity index (χ3n) is 1.30. The standard InChI is InChI=1S/C6H12O5/c1-9-6(10-2,11-3)4-5(7)8/h4H2,1-3H3,(H,7,8). The van der Waals surface area contributed by atoms with Crippen molar-refractivity contribution in [3.8, 4) is 0 Å². The summed E-state index contributed by atoms with van der Waals surface area (Å²) in [5.41, 5.74) is 0. The lowest BCUT2D eigenvalue weighted by Gasteiger charge is -2.26. The maximum atomic E-state index is 10.3. The maximum absolute atomic E-state index is 10.3. The normalized spacial score (nSPS) is 11.5. The summed E-state index contributed by atoms with van der Waals surface area (Å²) in [6.45, 7) is 0. The van der Waals surface area contributed by atoms with E-state index in [0.717, 1.165) is 0 Å². The number of rotatable bonds is 5. The Hall–Kier alpha value is -0.650. The quantitative estimate of drug-likeness (QED) is 0.582. The van der Waals surface area contributed by atoms with Gasteiger partial charge in [-0.15, -0.1) is 0 Å². The van der Waals surface area contributed by atoms with Crippen molar-refractivity contribution in [2.45, 2.75) is 12.4 Å². The molecule has 0 aromatic heterocycles. The van der Waals surface area contributed by atoms with Crippen LogP contribution < -0.4 is 0 Å². The van der Waals surface area contributed by atoms with Gasteiger partial charge in [-0.25, -0.2) is 0 Å². The lowest BCUT2D eigenvalue weighted by atomic mass is 10.4. The molecule has 0 spiro atoms. The zero-order chi connectivity index (χ0) is 8.91. The second-order valence-corrected chi connectivity index (χ2v) is 1.87. The first-order valence-electron chi connectivity index (χ1n) is 2.97. The number of aliphatic carboxylic acids is 1. The van der Waals surface area contributed by atoms with E-state index in [2.05, 4.69) is 0 Å². The van der Waals surface area contributed by atoms with E-state index in [1.807, 2.05) is 0 Å². The van der Waals surface area contributed by atoms with Gasteiger partial charge in [0.05, 0.1) is 0 Å². The Kier molecular flexibility index (Phi) is 4.02. The van der Waals surface area contributed by atoms with Gasteiger partial charge in [-0.3, -0.25) is 4.79 Å². The molecule has 0 unspecified atom stereocenters. The summed E-state index contributed by atoms with van der Waals surface area (Å²) in [5.74, 6) is -2.50. The highest BCUT2D eigenvalue weighted by Gasteiger charge is 2.32. The zero-order valence-corrected chi connectivity index (χ0v) is 6.79. The molecule has 0 radical (unpaired) electrons. The molecule has 0 aliphatic rings. The molecule has 0 aliphatic heterocycles. The Morgan fingerprint density at radius 2 is 1.64 bits per heavy atom. The van der Waals surface area contributed by atoms with E-state index in [1.165, 1.54) is 21.3 Å². The molecule has 5 nitrogen and oxygen atoms in total. The third-order valence-corrected chi connectivity index (χ3v) is 1.30. The van der Waals surface area contributed by atoms with E-state index < -0.39 is 11.9 Å². The van der Waals surface area contributed by atoms with E-state index in [-0.39, 0.29) is 6.42 Å². The highest BCUT2D eigenvalue weighted by molar-refractivity contribution is 5.67. The van der Waals surface area contributed by atoms with Crippen molar-refractivity contribution in [3.05, 3.63) is 0 Å². The summed E-state index contributed by atoms with van der Waals surface area (Å²) in [5, 5.41) is 8.40. The number of carboxylic acid groups (broad SMARTS) is 1. The van der Waals surface area contributed by atoms with E-state index in [4.69, 9.17) is 19.3 Å². The average Bonchev–Trinajstić information content (AvgIpc) is 2.00. The van der Waals surface area contributed by atoms with Crippen LogP contribution in [-0.4, -0.2) is 38.4 Å². The molecule has 0 amide bonds. The van der Waals surface area contributed by atoms with Gasteiger partial charge in [-0.2, -0.15) is 0 Å². The number of carbonyl (C=O) groups is 1. The molecule has 0 heterocycles. The van der Waals surface area contributed by atoms with Crippen LogP contribution in [0, 0.1) is 0 Å². The predicted molar refractivity (Wildman–Crippen MR) is 36.0 cm³/mol. The Labute approximate surface area is 64.9 Å². The van der Waals surface area contributed by atoms with E-state index in [9.17, 15) is 4.79 Å². The third kappa shape index (κ3) is 2.83. The van der Waals surface area contributed by atoms with E-state index in [0.29, 0.717) is 0 Å². The van der Waals surface area contributed by atoms with Gasteiger partial charge in [0.15, 0.2) is 0 Å². The van der Waals surface area contributed by atoms with Crippen LogP contribution >= 0.6 is 0 Å². The lowest BCUT2D eigenvalue weighted by Crippen LogP contribution is -2.38. The van der Waals surface area contributed by atoms with Gasteiger partial charge in [-0.05, 0) is 0 Å². The van der Waals surface area contributed by atoms with Crippen LogP contribution in [0.5, 0.6) is 0 Å². The van der Waals surface area contributed by atoms with Crippen LogP contribution in [0.4, 0.5) is 0 Å². The van der Waals surface area contributed by atoms with Crippen LogP contribution in [-0.2, 0) is 19.0 Å². The second-order valence-electron chi connectivity index (χ2n) is 1.87. The molecule has 0 aromatic rings. The van der Waals surface area contributed by atoms with Crippen molar-refractivity contribution in [1.29, 1.82) is 0 Å². The van der Waals surface area contributed by atoms with Crippen molar-refractivity contribution in [2.75, 3.05) is 21.3 Å². The van der Waals surface area contributed by atoms with Gasteiger partial charge in [0.25, 0.3) is 5.97 Å². The molecule has 0 saturated heterocycles. The average molecular weight is 164 g/mol. The lowest BCUT2D eigenvalue weighted by molar-refractivity contribution is -0.351. The number of ether oxygens (including phenoxy) is 3. The fourth-order valence-corrected chi connectivity index (χ4v) is 0.652. The molecule has 0 rings (SSSR count). The predicted octanol–water partition coefficient (Wildman–Crippen LogP) is 0.0541. The minimum Gasteiger partial charge on any atom is -0.481 e. The fourth-order valence-electron chi connectivity index (χ4n) is 0.652. The molecule has 66 valence electrons. The summed E-state index contributed by atoms with van der Waals surface area (Å²) in [7, 11) is 3.95. The molecule has 0 atom stereocenters. The Morgan fingerprint density at radius 3 is 1.73 bits per heavy atom. The van der Waals surface area contributed by atoms with Crippen molar-refractivity contribution in [1.82, 2.24) is 0 Å². The van der Waals surface area contributed by atoms with Crippen molar-refractivity contribution in [2.24, 2.45) is 0 Å². The second kappa shape index (κ2) is 4.27. The highest BCUT2D eigenvalue weighted by Crippen LogP contribution is 2.16. The fraction of sp³-hybridized carbons (Fsp3) is 0.833. The smallest absolute Gasteiger partial charge is 0.311 e. The van der Waals surface area contributed by atoms with Crippen LogP contribution in [0.2, 0.25) is 0 Å². The van der Waals surface area contributed by atoms with Gasteiger partial charge >= 0.3 is 5.97 Å². The van der Waals surface area contributed by atoms with Crippen molar-refractivity contribution >= 4 is 5.97 Å². The number of methoxy groups -OCH3 is 3. The van der Waals surface area contributed by atoms with Gasteiger partial charge in [0.2, 0.25) is 0 Å². The SMILES string of the molecule is COC(CC(=O)O)(OC)OC. The van der Waals surface area contributed by atoms with Crippen molar-refractivity contribution in [3.63, 3.8) is 0 Å². The molecule has 11 heavy (non-hydrogen) atoms. The van der Waals surface area contributed by atoms with Gasteiger partial charge < -0.3 is 19.3 Å². The molecule has 0 fully saturated rings. The van der Waals surface area contributed by atoms with Crippen LogP contribution in [0.15, 0.2) is 0 Å². The minimum atomic E-state index is -1.45. The molecule has 0 saturated carbocycles. The summed E-state index contributed by atoms with van der Waals surface area (Å²) in [4.78, 5) is 10.3. The minimum absolute atomic E-state index is 0.351. The molecule has 5 heteroatoms.